The summed E-state index contributed by atoms with van der Waals surface area (Å²) >= 11 is 9.49. The van der Waals surface area contributed by atoms with Crippen LogP contribution >= 0.6 is 27.5 Å². The quantitative estimate of drug-likeness (QED) is 0.802. The maximum Gasteiger partial charge on any atom is 0.162 e. The Labute approximate surface area is 109 Å². The number of rotatable bonds is 3. The molecule has 0 amide bonds. The molecule has 1 aliphatic carbocycles. The van der Waals surface area contributed by atoms with Crippen molar-refractivity contribution in [2.24, 2.45) is 0 Å². The predicted octanol–water partition coefficient (Wildman–Crippen LogP) is 3.48. The highest BCUT2D eigenvalue weighted by atomic mass is 79.9. The summed E-state index contributed by atoms with van der Waals surface area (Å²) in [6.07, 6.45) is 3.94. The molecule has 88 valence electrons. The van der Waals surface area contributed by atoms with Crippen LogP contribution in [-0.2, 0) is 16.8 Å². The summed E-state index contributed by atoms with van der Waals surface area (Å²) in [4.78, 5) is 8.88. The maximum atomic E-state index is 6.09. The molecule has 3 nitrogen and oxygen atoms in total. The molecule has 1 aliphatic rings. The van der Waals surface area contributed by atoms with Gasteiger partial charge in [0.25, 0.3) is 0 Å². The van der Waals surface area contributed by atoms with Crippen LogP contribution in [0.25, 0.3) is 0 Å². The second kappa shape index (κ2) is 4.59. The molecule has 5 heteroatoms. The van der Waals surface area contributed by atoms with E-state index >= 15 is 0 Å². The average molecular weight is 306 g/mol. The number of nitrogens with zero attached hydrogens (tertiary/aromatic N) is 2. The summed E-state index contributed by atoms with van der Waals surface area (Å²) in [7, 11) is 1.71. The smallest absolute Gasteiger partial charge is 0.162 e. The van der Waals surface area contributed by atoms with Crippen molar-refractivity contribution in [2.45, 2.75) is 38.2 Å². The van der Waals surface area contributed by atoms with Crippen molar-refractivity contribution in [2.75, 3.05) is 7.11 Å². The van der Waals surface area contributed by atoms with E-state index in [2.05, 4.69) is 25.9 Å². The van der Waals surface area contributed by atoms with Gasteiger partial charge in [0.15, 0.2) is 5.82 Å². The van der Waals surface area contributed by atoms with E-state index in [1.54, 1.807) is 7.11 Å². The zero-order valence-corrected chi connectivity index (χ0v) is 11.7. The molecule has 1 aromatic rings. The summed E-state index contributed by atoms with van der Waals surface area (Å²) in [6.45, 7) is 2.05. The first-order chi connectivity index (χ1) is 7.63. The van der Waals surface area contributed by atoms with Crippen LogP contribution in [0, 0.1) is 0 Å². The third kappa shape index (κ3) is 1.87. The highest BCUT2D eigenvalue weighted by molar-refractivity contribution is 9.10. The average Bonchev–Trinajstić information content (AvgIpc) is 2.22. The summed E-state index contributed by atoms with van der Waals surface area (Å²) in [5.74, 6) is 0.728. The number of aromatic nitrogens is 2. The molecule has 0 aromatic carbocycles. The Morgan fingerprint density at radius 3 is 2.56 bits per heavy atom. The molecule has 0 spiro atoms. The SMILES string of the molecule is CCc1nc(C2(OC)CCC2)nc(Cl)c1Br. The molecule has 0 saturated heterocycles. The Balaban J connectivity index is 2.45. The largest absolute Gasteiger partial charge is 0.370 e. The molecule has 1 aromatic heterocycles. The summed E-state index contributed by atoms with van der Waals surface area (Å²) < 4.78 is 6.35. The van der Waals surface area contributed by atoms with E-state index in [1.807, 2.05) is 6.92 Å². The topological polar surface area (TPSA) is 35.0 Å². The maximum absolute atomic E-state index is 6.09. The fourth-order valence-corrected chi connectivity index (χ4v) is 2.56. The van der Waals surface area contributed by atoms with Gasteiger partial charge in [-0.3, -0.25) is 0 Å². The third-order valence-corrected chi connectivity index (χ3v) is 4.51. The van der Waals surface area contributed by atoms with Crippen molar-refractivity contribution in [3.63, 3.8) is 0 Å². The first kappa shape index (κ1) is 12.3. The van der Waals surface area contributed by atoms with Gasteiger partial charge in [0.1, 0.15) is 10.8 Å². The van der Waals surface area contributed by atoms with Gasteiger partial charge in [-0.2, -0.15) is 0 Å². The van der Waals surface area contributed by atoms with Crippen molar-refractivity contribution in [3.8, 4) is 0 Å². The van der Waals surface area contributed by atoms with E-state index in [1.165, 1.54) is 0 Å². The van der Waals surface area contributed by atoms with Crippen LogP contribution in [0.3, 0.4) is 0 Å². The number of methoxy groups -OCH3 is 1. The van der Waals surface area contributed by atoms with E-state index in [0.717, 1.165) is 41.7 Å². The molecule has 0 atom stereocenters. The number of halogens is 2. The van der Waals surface area contributed by atoms with Crippen molar-refractivity contribution in [3.05, 3.63) is 21.1 Å². The number of hydrogen-bond acceptors (Lipinski definition) is 3. The van der Waals surface area contributed by atoms with Crippen LogP contribution in [0.1, 0.15) is 37.7 Å². The summed E-state index contributed by atoms with van der Waals surface area (Å²) in [6, 6.07) is 0. The molecular weight excluding hydrogens is 291 g/mol. The number of aryl methyl sites for hydroxylation is 1. The zero-order valence-electron chi connectivity index (χ0n) is 9.39. The normalized spacial score (nSPS) is 18.2. The van der Waals surface area contributed by atoms with Gasteiger partial charge in [0.05, 0.1) is 10.2 Å². The van der Waals surface area contributed by atoms with Gasteiger partial charge in [-0.05, 0) is 41.6 Å². The molecule has 1 fully saturated rings. The Hall–Kier alpha value is -0.190. The van der Waals surface area contributed by atoms with Gasteiger partial charge in [-0.25, -0.2) is 9.97 Å². The Kier molecular flexibility index (Phi) is 3.52. The molecular formula is C11H14BrClN2O. The minimum Gasteiger partial charge on any atom is -0.370 e. The van der Waals surface area contributed by atoms with Crippen molar-refractivity contribution in [1.82, 2.24) is 9.97 Å². The Morgan fingerprint density at radius 2 is 2.12 bits per heavy atom. The molecule has 16 heavy (non-hydrogen) atoms. The van der Waals surface area contributed by atoms with E-state index in [9.17, 15) is 0 Å². The third-order valence-electron chi connectivity index (χ3n) is 3.17. The van der Waals surface area contributed by atoms with Crippen LogP contribution < -0.4 is 0 Å². The molecule has 1 saturated carbocycles. The van der Waals surface area contributed by atoms with Crippen LogP contribution in [0.5, 0.6) is 0 Å². The van der Waals surface area contributed by atoms with Crippen molar-refractivity contribution >= 4 is 27.5 Å². The highest BCUT2D eigenvalue weighted by Gasteiger charge is 2.42. The lowest BCUT2D eigenvalue weighted by molar-refractivity contribution is -0.0848. The second-order valence-corrected chi connectivity index (χ2v) is 5.16. The molecule has 0 aliphatic heterocycles. The second-order valence-electron chi connectivity index (χ2n) is 4.00. The number of ether oxygens (including phenoxy) is 1. The zero-order chi connectivity index (χ0) is 11.8. The summed E-state index contributed by atoms with van der Waals surface area (Å²) in [5.41, 5.74) is 0.646. The lowest BCUT2D eigenvalue weighted by Gasteiger charge is -2.39. The van der Waals surface area contributed by atoms with Gasteiger partial charge in [-0.15, -0.1) is 0 Å². The monoisotopic (exact) mass is 304 g/mol. The molecule has 0 radical (unpaired) electrons. The first-order valence-electron chi connectivity index (χ1n) is 5.40. The van der Waals surface area contributed by atoms with Crippen molar-refractivity contribution < 1.29 is 4.74 Å². The van der Waals surface area contributed by atoms with Gasteiger partial charge in [0.2, 0.25) is 0 Å². The lowest BCUT2D eigenvalue weighted by atomic mass is 9.79. The first-order valence-corrected chi connectivity index (χ1v) is 6.57. The Morgan fingerprint density at radius 1 is 1.44 bits per heavy atom. The fraction of sp³-hybridized carbons (Fsp3) is 0.636. The van der Waals surface area contributed by atoms with E-state index in [-0.39, 0.29) is 5.60 Å². The van der Waals surface area contributed by atoms with E-state index in [0.29, 0.717) is 5.15 Å². The minimum absolute atomic E-state index is 0.297. The Bertz CT molecular complexity index is 402. The molecule has 0 unspecified atom stereocenters. The van der Waals surface area contributed by atoms with E-state index < -0.39 is 0 Å². The van der Waals surface area contributed by atoms with Gasteiger partial charge in [-0.1, -0.05) is 18.5 Å². The van der Waals surface area contributed by atoms with E-state index in [4.69, 9.17) is 16.3 Å². The molecule has 1 heterocycles. The van der Waals surface area contributed by atoms with Gasteiger partial charge < -0.3 is 4.74 Å². The standard InChI is InChI=1S/C11H14BrClN2O/c1-3-7-8(12)9(13)15-10(14-7)11(16-2)5-4-6-11/h3-6H2,1-2H3. The van der Waals surface area contributed by atoms with Crippen molar-refractivity contribution in [1.29, 1.82) is 0 Å². The van der Waals surface area contributed by atoms with Gasteiger partial charge in [0, 0.05) is 7.11 Å². The van der Waals surface area contributed by atoms with Gasteiger partial charge >= 0.3 is 0 Å². The minimum atomic E-state index is -0.297. The van der Waals surface area contributed by atoms with Crippen LogP contribution in [0.4, 0.5) is 0 Å². The molecule has 2 rings (SSSR count). The number of hydrogen-bond donors (Lipinski definition) is 0. The highest BCUT2D eigenvalue weighted by Crippen LogP contribution is 2.43. The van der Waals surface area contributed by atoms with Crippen LogP contribution in [0.15, 0.2) is 4.47 Å². The van der Waals surface area contributed by atoms with Crippen LogP contribution in [-0.4, -0.2) is 17.1 Å². The van der Waals surface area contributed by atoms with Crippen LogP contribution in [0.2, 0.25) is 5.15 Å². The molecule has 0 bridgehead atoms. The lowest BCUT2D eigenvalue weighted by Crippen LogP contribution is -2.38. The fourth-order valence-electron chi connectivity index (χ4n) is 1.92. The predicted molar refractivity (Wildman–Crippen MR) is 66.7 cm³/mol. The summed E-state index contributed by atoms with van der Waals surface area (Å²) in [5, 5.41) is 0.477. The molecule has 0 N–H and O–H groups in total.